The number of morpholine rings is 1. The number of fused-ring (bicyclic) bond motifs is 2. The molecule has 1 fully saturated rings. The predicted molar refractivity (Wildman–Crippen MR) is 169 cm³/mol. The average Bonchev–Trinajstić information content (AvgIpc) is 3.56. The quantitative estimate of drug-likeness (QED) is 0.285. The molecule has 0 spiro atoms. The number of nitrogens with zero attached hydrogens (tertiary/aromatic N) is 6. The number of rotatable bonds is 10. The maximum absolute atomic E-state index is 13.8. The zero-order valence-corrected chi connectivity index (χ0v) is 26.1. The monoisotopic (exact) mass is 601 g/mol. The van der Waals surface area contributed by atoms with Crippen molar-refractivity contribution in [3.8, 4) is 11.3 Å². The molecule has 2 aliphatic rings. The van der Waals surface area contributed by atoms with Gasteiger partial charge in [0.1, 0.15) is 17.3 Å². The van der Waals surface area contributed by atoms with Gasteiger partial charge in [0.05, 0.1) is 48.3 Å². The number of pyridine rings is 2. The van der Waals surface area contributed by atoms with Gasteiger partial charge in [-0.25, -0.2) is 14.4 Å². The Morgan fingerprint density at radius 3 is 2.70 bits per heavy atom. The number of hydrogen-bond donors (Lipinski definition) is 1. The minimum absolute atomic E-state index is 0.00925. The van der Waals surface area contributed by atoms with Crippen LogP contribution in [0.5, 0.6) is 0 Å². The van der Waals surface area contributed by atoms with Crippen molar-refractivity contribution in [1.82, 2.24) is 24.2 Å². The summed E-state index contributed by atoms with van der Waals surface area (Å²) in [6, 6.07) is 8.90. The highest BCUT2D eigenvalue weighted by molar-refractivity contribution is 6.07. The van der Waals surface area contributed by atoms with Crippen molar-refractivity contribution < 1.29 is 18.7 Å². The molecule has 0 bridgehead atoms. The number of nitrogens with one attached hydrogen (secondary N) is 1. The Bertz CT molecular complexity index is 1650. The number of carbonyl (C=O) groups is 1. The summed E-state index contributed by atoms with van der Waals surface area (Å²) in [7, 11) is 9.92. The lowest BCUT2D eigenvalue weighted by atomic mass is 9.99. The molecule has 0 amide bonds. The van der Waals surface area contributed by atoms with Gasteiger partial charge in [0.2, 0.25) is 0 Å². The van der Waals surface area contributed by atoms with E-state index in [2.05, 4.69) is 45.2 Å². The summed E-state index contributed by atoms with van der Waals surface area (Å²) >= 11 is 0. The van der Waals surface area contributed by atoms with Crippen molar-refractivity contribution in [2.75, 3.05) is 71.8 Å². The molecule has 6 rings (SSSR count). The van der Waals surface area contributed by atoms with Crippen molar-refractivity contribution in [2.45, 2.75) is 32.0 Å². The third kappa shape index (κ3) is 6.05. The van der Waals surface area contributed by atoms with E-state index in [0.29, 0.717) is 49.6 Å². The summed E-state index contributed by atoms with van der Waals surface area (Å²) in [6.07, 6.45) is 4.49. The minimum atomic E-state index is -0.334. The molecule has 44 heavy (non-hydrogen) atoms. The Morgan fingerprint density at radius 1 is 1.11 bits per heavy atom. The molecule has 0 unspecified atom stereocenters. The van der Waals surface area contributed by atoms with E-state index >= 15 is 0 Å². The van der Waals surface area contributed by atoms with Crippen LogP contribution in [-0.4, -0.2) is 97.7 Å². The van der Waals surface area contributed by atoms with Gasteiger partial charge in [0.15, 0.2) is 5.78 Å². The summed E-state index contributed by atoms with van der Waals surface area (Å²) in [4.78, 5) is 29.5. The smallest absolute Gasteiger partial charge is 0.165 e. The van der Waals surface area contributed by atoms with Crippen molar-refractivity contribution in [3.63, 3.8) is 0 Å². The number of methoxy groups -OCH3 is 1. The molecule has 1 aliphatic heterocycles. The number of benzene rings is 1. The molecule has 0 radical (unpaired) electrons. The van der Waals surface area contributed by atoms with Crippen molar-refractivity contribution in [1.29, 1.82) is 0 Å². The lowest BCUT2D eigenvalue weighted by molar-refractivity contribution is -0.0101. The first-order valence-electron chi connectivity index (χ1n) is 15.0. The van der Waals surface area contributed by atoms with Crippen LogP contribution < -0.4 is 10.2 Å². The highest BCUT2D eigenvalue weighted by atomic mass is 19.1. The van der Waals surface area contributed by atoms with Crippen LogP contribution in [0.4, 0.5) is 21.6 Å². The number of ether oxygens (including phenoxy) is 2. The van der Waals surface area contributed by atoms with Crippen LogP contribution >= 0.6 is 0 Å². The second-order valence-electron chi connectivity index (χ2n) is 12.1. The Morgan fingerprint density at radius 2 is 1.93 bits per heavy atom. The van der Waals surface area contributed by atoms with E-state index in [0.717, 1.165) is 59.1 Å². The van der Waals surface area contributed by atoms with Crippen LogP contribution in [0.3, 0.4) is 0 Å². The highest BCUT2D eigenvalue weighted by Gasteiger charge is 2.29. The van der Waals surface area contributed by atoms with E-state index in [4.69, 9.17) is 14.5 Å². The van der Waals surface area contributed by atoms with Gasteiger partial charge in [-0.05, 0) is 63.9 Å². The molecule has 1 saturated heterocycles. The first kappa shape index (κ1) is 30.1. The third-order valence-corrected chi connectivity index (χ3v) is 8.11. The van der Waals surface area contributed by atoms with E-state index in [9.17, 15) is 9.18 Å². The van der Waals surface area contributed by atoms with Crippen LogP contribution in [0, 0.1) is 5.82 Å². The van der Waals surface area contributed by atoms with Gasteiger partial charge in [-0.1, -0.05) is 6.07 Å². The Hall–Kier alpha value is -3.90. The van der Waals surface area contributed by atoms with Crippen molar-refractivity contribution in [3.05, 3.63) is 70.9 Å². The van der Waals surface area contributed by atoms with Gasteiger partial charge < -0.3 is 29.5 Å². The maximum atomic E-state index is 13.8. The largest absolute Gasteiger partial charge is 0.382 e. The SMILES string of the molecule is COC[C@@H]1CN(c2c(CN(C)C)cc(Nc3ccc(-c4cnc5cc(F)ccn45)c4c3C(=O)CC4)nc2CN(C)C)CCO1. The number of aromatic nitrogens is 3. The van der Waals surface area contributed by atoms with Crippen LogP contribution in [0.1, 0.15) is 33.6 Å². The number of ketones is 1. The molecular weight excluding hydrogens is 561 g/mol. The molecule has 1 atom stereocenters. The van der Waals surface area contributed by atoms with Gasteiger partial charge in [-0.15, -0.1) is 0 Å². The fourth-order valence-electron chi connectivity index (χ4n) is 6.41. The number of carbonyl (C=O) groups excluding carboxylic acids is 1. The van der Waals surface area contributed by atoms with Gasteiger partial charge in [-0.3, -0.25) is 9.20 Å². The summed E-state index contributed by atoms with van der Waals surface area (Å²) < 4.78 is 27.0. The van der Waals surface area contributed by atoms with Crippen LogP contribution in [-0.2, 0) is 29.0 Å². The highest BCUT2D eigenvalue weighted by Crippen LogP contribution is 2.39. The molecule has 1 aliphatic carbocycles. The molecule has 4 heterocycles. The van der Waals surface area contributed by atoms with Gasteiger partial charge in [0, 0.05) is 63.1 Å². The number of halogens is 1. The fourth-order valence-corrected chi connectivity index (χ4v) is 6.41. The summed E-state index contributed by atoms with van der Waals surface area (Å²) in [5.41, 5.74) is 7.93. The number of imidazole rings is 1. The van der Waals surface area contributed by atoms with Crippen molar-refractivity contribution in [2.24, 2.45) is 0 Å². The van der Waals surface area contributed by atoms with Crippen LogP contribution in [0.15, 0.2) is 42.7 Å². The second-order valence-corrected chi connectivity index (χ2v) is 12.1. The standard InChI is InChI=1S/C33H40FN7O3/c1-38(2)17-21-14-30(37-27(19-39(3)4)33(21)40-12-13-44-23(18-40)20-43-5)36-26-8-6-24(25-7-9-29(42)32(25)26)28-16-35-31-15-22(34)10-11-41(28)31/h6,8,10-11,14-16,23H,7,9,12-13,17-20H2,1-5H3,(H,36,37)/t23-/m0/s1. The molecule has 1 N–H and O–H groups in total. The zero-order valence-electron chi connectivity index (χ0n) is 26.1. The van der Waals surface area contributed by atoms with E-state index in [1.165, 1.54) is 12.1 Å². The third-order valence-electron chi connectivity index (χ3n) is 8.11. The Kier molecular flexibility index (Phi) is 8.64. The van der Waals surface area contributed by atoms with Gasteiger partial charge >= 0.3 is 0 Å². The van der Waals surface area contributed by atoms with Gasteiger partial charge in [-0.2, -0.15) is 0 Å². The molecule has 1 aromatic carbocycles. The van der Waals surface area contributed by atoms with E-state index in [1.54, 1.807) is 19.5 Å². The van der Waals surface area contributed by atoms with E-state index in [-0.39, 0.29) is 17.7 Å². The Labute approximate surface area is 257 Å². The normalized spacial score (nSPS) is 16.9. The number of anilines is 3. The van der Waals surface area contributed by atoms with E-state index < -0.39 is 0 Å². The molecular formula is C33H40FN7O3. The molecule has 232 valence electrons. The Balaban J connectivity index is 1.41. The van der Waals surface area contributed by atoms with Crippen molar-refractivity contribution >= 4 is 28.6 Å². The first-order chi connectivity index (χ1) is 21.2. The number of hydrogen-bond acceptors (Lipinski definition) is 9. The average molecular weight is 602 g/mol. The number of Topliss-reactive ketones (excluding diaryl/α,β-unsaturated/α-hetero) is 1. The topological polar surface area (TPSA) is 87.5 Å². The zero-order chi connectivity index (χ0) is 31.0. The molecule has 4 aromatic rings. The maximum Gasteiger partial charge on any atom is 0.165 e. The summed E-state index contributed by atoms with van der Waals surface area (Å²) in [5, 5.41) is 3.53. The van der Waals surface area contributed by atoms with Crippen LogP contribution in [0.25, 0.3) is 16.9 Å². The van der Waals surface area contributed by atoms with E-state index in [1.807, 2.05) is 30.6 Å². The molecule has 0 saturated carbocycles. The lowest BCUT2D eigenvalue weighted by Crippen LogP contribution is -2.45. The fraction of sp³-hybridized carbons (Fsp3) is 0.424. The summed E-state index contributed by atoms with van der Waals surface area (Å²) in [6.45, 7) is 4.04. The van der Waals surface area contributed by atoms with Gasteiger partial charge in [0.25, 0.3) is 0 Å². The minimum Gasteiger partial charge on any atom is -0.382 e. The molecule has 3 aromatic heterocycles. The summed E-state index contributed by atoms with van der Waals surface area (Å²) in [5.74, 6) is 0.461. The lowest BCUT2D eigenvalue weighted by Gasteiger charge is -2.37. The predicted octanol–water partition coefficient (Wildman–Crippen LogP) is 4.38. The molecule has 11 heteroatoms. The first-order valence-corrected chi connectivity index (χ1v) is 15.0. The van der Waals surface area contributed by atoms with Crippen LogP contribution in [0.2, 0.25) is 0 Å². The molecule has 10 nitrogen and oxygen atoms in total. The second kappa shape index (κ2) is 12.6.